The van der Waals surface area contributed by atoms with Gasteiger partial charge in [-0.2, -0.15) is 5.10 Å². The highest BCUT2D eigenvalue weighted by atomic mass is 127. The van der Waals surface area contributed by atoms with E-state index in [1.54, 1.807) is 18.1 Å². The Labute approximate surface area is 195 Å². The Kier molecular flexibility index (Phi) is 10.6. The van der Waals surface area contributed by atoms with E-state index in [-0.39, 0.29) is 30.1 Å². The standard InChI is InChI=1S/C21H32N6O2.HI/c1-6-22-19(24-14-18-11-12-25-26-18)23-13-16-7-9-17(10-8-16)15-27(5)20(28)29-21(2,3)4;/h7-12H,6,13-15H2,1-5H3,(H,25,26)(H2,22,23,24);1H. The average Bonchev–Trinajstić information content (AvgIpc) is 3.17. The summed E-state index contributed by atoms with van der Waals surface area (Å²) in [4.78, 5) is 18.3. The molecule has 8 nitrogen and oxygen atoms in total. The number of carbonyl (C=O) groups excluding carboxylic acids is 1. The maximum Gasteiger partial charge on any atom is 0.410 e. The largest absolute Gasteiger partial charge is 0.444 e. The lowest BCUT2D eigenvalue weighted by molar-refractivity contribution is 0.0285. The van der Waals surface area contributed by atoms with Crippen molar-refractivity contribution < 1.29 is 9.53 Å². The molecule has 0 fully saturated rings. The fourth-order valence-corrected chi connectivity index (χ4v) is 2.50. The fraction of sp³-hybridized carbons (Fsp3) is 0.476. The Morgan fingerprint density at radius 3 is 2.40 bits per heavy atom. The maximum atomic E-state index is 12.1. The number of aromatic amines is 1. The fourth-order valence-electron chi connectivity index (χ4n) is 2.50. The minimum absolute atomic E-state index is 0. The zero-order valence-corrected chi connectivity index (χ0v) is 20.7. The van der Waals surface area contributed by atoms with Gasteiger partial charge in [0.05, 0.1) is 18.8 Å². The van der Waals surface area contributed by atoms with Gasteiger partial charge >= 0.3 is 6.09 Å². The molecule has 0 radical (unpaired) electrons. The van der Waals surface area contributed by atoms with Gasteiger partial charge in [0.25, 0.3) is 0 Å². The van der Waals surface area contributed by atoms with Crippen LogP contribution in [-0.4, -0.2) is 46.3 Å². The molecule has 1 heterocycles. The maximum absolute atomic E-state index is 12.1. The SMILES string of the molecule is CCNC(=NCc1ccc(CN(C)C(=O)OC(C)(C)C)cc1)NCc1ccn[nH]1.I. The number of H-pyrrole nitrogens is 1. The molecule has 2 aromatic rings. The molecular weight excluding hydrogens is 495 g/mol. The topological polar surface area (TPSA) is 94.6 Å². The second-order valence-electron chi connectivity index (χ2n) is 7.78. The number of hydrogen-bond donors (Lipinski definition) is 3. The third kappa shape index (κ3) is 9.47. The molecule has 0 saturated carbocycles. The molecule has 1 aromatic carbocycles. The number of carbonyl (C=O) groups is 1. The van der Waals surface area contributed by atoms with Crippen molar-refractivity contribution in [3.63, 3.8) is 0 Å². The molecule has 0 aliphatic rings. The Balaban J connectivity index is 0.00000450. The highest BCUT2D eigenvalue weighted by molar-refractivity contribution is 14.0. The van der Waals surface area contributed by atoms with Crippen LogP contribution in [0.3, 0.4) is 0 Å². The summed E-state index contributed by atoms with van der Waals surface area (Å²) in [5.41, 5.74) is 2.62. The summed E-state index contributed by atoms with van der Waals surface area (Å²) < 4.78 is 5.38. The molecule has 0 aliphatic heterocycles. The lowest BCUT2D eigenvalue weighted by atomic mass is 10.1. The van der Waals surface area contributed by atoms with E-state index < -0.39 is 5.60 Å². The Morgan fingerprint density at radius 1 is 1.17 bits per heavy atom. The Hall–Kier alpha value is -2.30. The highest BCUT2D eigenvalue weighted by Crippen LogP contribution is 2.12. The van der Waals surface area contributed by atoms with Crippen LogP contribution in [-0.2, 0) is 24.4 Å². The summed E-state index contributed by atoms with van der Waals surface area (Å²) in [5, 5.41) is 13.4. The van der Waals surface area contributed by atoms with Crippen molar-refractivity contribution in [3.8, 4) is 0 Å². The van der Waals surface area contributed by atoms with Gasteiger partial charge in [-0.15, -0.1) is 24.0 Å². The van der Waals surface area contributed by atoms with Gasteiger partial charge in [-0.1, -0.05) is 24.3 Å². The molecular formula is C21H33IN6O2. The first-order valence-corrected chi connectivity index (χ1v) is 9.79. The van der Waals surface area contributed by atoms with Crippen molar-refractivity contribution in [2.45, 2.75) is 52.9 Å². The van der Waals surface area contributed by atoms with E-state index in [0.29, 0.717) is 19.6 Å². The van der Waals surface area contributed by atoms with Crippen LogP contribution in [0.1, 0.15) is 44.5 Å². The van der Waals surface area contributed by atoms with Crippen LogP contribution in [0.15, 0.2) is 41.5 Å². The van der Waals surface area contributed by atoms with Crippen molar-refractivity contribution in [1.82, 2.24) is 25.7 Å². The quantitative estimate of drug-likeness (QED) is 0.290. The third-order valence-corrected chi connectivity index (χ3v) is 3.92. The van der Waals surface area contributed by atoms with Gasteiger partial charge in [0.2, 0.25) is 0 Å². The molecule has 3 N–H and O–H groups in total. The summed E-state index contributed by atoms with van der Waals surface area (Å²) in [6.45, 7) is 10.1. The zero-order valence-electron chi connectivity index (χ0n) is 18.4. The van der Waals surface area contributed by atoms with E-state index in [9.17, 15) is 4.79 Å². The molecule has 1 amide bonds. The number of hydrogen-bond acceptors (Lipinski definition) is 4. The van der Waals surface area contributed by atoms with Gasteiger partial charge in [0, 0.05) is 26.3 Å². The van der Waals surface area contributed by atoms with E-state index in [0.717, 1.165) is 29.3 Å². The van der Waals surface area contributed by atoms with Crippen molar-refractivity contribution in [2.24, 2.45) is 4.99 Å². The van der Waals surface area contributed by atoms with Gasteiger partial charge in [-0.25, -0.2) is 9.79 Å². The Bertz CT molecular complexity index is 785. The van der Waals surface area contributed by atoms with Crippen molar-refractivity contribution in [1.29, 1.82) is 0 Å². The number of rotatable bonds is 7. The number of aromatic nitrogens is 2. The summed E-state index contributed by atoms with van der Waals surface area (Å²) in [7, 11) is 1.74. The molecule has 1 aromatic heterocycles. The van der Waals surface area contributed by atoms with Crippen molar-refractivity contribution in [2.75, 3.05) is 13.6 Å². The molecule has 0 atom stereocenters. The number of halogens is 1. The molecule has 0 bridgehead atoms. The molecule has 9 heteroatoms. The van der Waals surface area contributed by atoms with Gasteiger partial charge in [0.1, 0.15) is 5.60 Å². The van der Waals surface area contributed by atoms with Gasteiger partial charge < -0.3 is 20.3 Å². The lowest BCUT2D eigenvalue weighted by Crippen LogP contribution is -2.36. The summed E-state index contributed by atoms with van der Waals surface area (Å²) in [6, 6.07) is 10.00. The molecule has 2 rings (SSSR count). The number of ether oxygens (including phenoxy) is 1. The number of nitrogens with one attached hydrogen (secondary N) is 3. The smallest absolute Gasteiger partial charge is 0.410 e. The number of benzene rings is 1. The molecule has 30 heavy (non-hydrogen) atoms. The summed E-state index contributed by atoms with van der Waals surface area (Å²) >= 11 is 0. The van der Waals surface area contributed by atoms with Crippen LogP contribution >= 0.6 is 24.0 Å². The molecule has 0 saturated heterocycles. The number of aliphatic imine (C=N–C) groups is 1. The van der Waals surface area contributed by atoms with Crippen LogP contribution in [0, 0.1) is 0 Å². The number of amides is 1. The predicted molar refractivity (Wildman–Crippen MR) is 130 cm³/mol. The zero-order chi connectivity index (χ0) is 21.3. The van der Waals surface area contributed by atoms with Crippen molar-refractivity contribution in [3.05, 3.63) is 53.3 Å². The monoisotopic (exact) mass is 528 g/mol. The van der Waals surface area contributed by atoms with Gasteiger partial charge in [0.15, 0.2) is 5.96 Å². The number of nitrogens with zero attached hydrogens (tertiary/aromatic N) is 3. The lowest BCUT2D eigenvalue weighted by Gasteiger charge is -2.24. The van der Waals surface area contributed by atoms with E-state index in [1.165, 1.54) is 0 Å². The van der Waals surface area contributed by atoms with Crippen LogP contribution in [0.25, 0.3) is 0 Å². The van der Waals surface area contributed by atoms with E-state index >= 15 is 0 Å². The molecule has 0 spiro atoms. The van der Waals surface area contributed by atoms with Crippen LogP contribution < -0.4 is 10.6 Å². The number of guanidine groups is 1. The summed E-state index contributed by atoms with van der Waals surface area (Å²) in [5.74, 6) is 0.746. The van der Waals surface area contributed by atoms with Crippen LogP contribution in [0.5, 0.6) is 0 Å². The van der Waals surface area contributed by atoms with E-state index in [4.69, 9.17) is 4.74 Å². The summed E-state index contributed by atoms with van der Waals surface area (Å²) in [6.07, 6.45) is 1.40. The first kappa shape index (κ1) is 25.7. The predicted octanol–water partition coefficient (Wildman–Crippen LogP) is 3.65. The average molecular weight is 528 g/mol. The Morgan fingerprint density at radius 2 is 1.83 bits per heavy atom. The minimum atomic E-state index is -0.497. The van der Waals surface area contributed by atoms with Crippen LogP contribution in [0.4, 0.5) is 4.79 Å². The first-order valence-electron chi connectivity index (χ1n) is 9.79. The first-order chi connectivity index (χ1) is 13.8. The van der Waals surface area contributed by atoms with Gasteiger partial charge in [-0.05, 0) is 44.9 Å². The molecule has 166 valence electrons. The van der Waals surface area contributed by atoms with Gasteiger partial charge in [-0.3, -0.25) is 5.10 Å². The van der Waals surface area contributed by atoms with E-state index in [1.807, 2.05) is 58.0 Å². The second-order valence-corrected chi connectivity index (χ2v) is 7.78. The minimum Gasteiger partial charge on any atom is -0.444 e. The molecule has 0 unspecified atom stereocenters. The normalized spacial score (nSPS) is 11.4. The third-order valence-electron chi connectivity index (χ3n) is 3.92. The van der Waals surface area contributed by atoms with E-state index in [2.05, 4.69) is 25.8 Å². The van der Waals surface area contributed by atoms with Crippen molar-refractivity contribution >= 4 is 36.0 Å². The van der Waals surface area contributed by atoms with Crippen LogP contribution in [0.2, 0.25) is 0 Å². The second kappa shape index (κ2) is 12.4. The highest BCUT2D eigenvalue weighted by Gasteiger charge is 2.19. The molecule has 0 aliphatic carbocycles.